The third-order valence-corrected chi connectivity index (χ3v) is 5.76. The summed E-state index contributed by atoms with van der Waals surface area (Å²) >= 11 is 3.31. The van der Waals surface area contributed by atoms with Crippen molar-refractivity contribution in [2.45, 2.75) is 51.2 Å². The lowest BCUT2D eigenvalue weighted by Gasteiger charge is -2.16. The summed E-state index contributed by atoms with van der Waals surface area (Å²) in [6.07, 6.45) is 1.70. The summed E-state index contributed by atoms with van der Waals surface area (Å²) in [5.74, 6) is 0. The van der Waals surface area contributed by atoms with E-state index in [1.54, 1.807) is 13.0 Å². The van der Waals surface area contributed by atoms with E-state index in [0.717, 1.165) is 18.4 Å². The van der Waals surface area contributed by atoms with Crippen LogP contribution in [0.15, 0.2) is 21.5 Å². The fourth-order valence-electron chi connectivity index (χ4n) is 1.92. The topological polar surface area (TPSA) is 66.4 Å². The highest BCUT2D eigenvalue weighted by molar-refractivity contribution is 9.10. The number of aryl methyl sites for hydroxylation is 1. The van der Waals surface area contributed by atoms with Crippen LogP contribution >= 0.6 is 15.9 Å². The molecule has 0 heterocycles. The summed E-state index contributed by atoms with van der Waals surface area (Å²) in [7, 11) is -3.58. The maximum Gasteiger partial charge on any atom is 0.241 e. The van der Waals surface area contributed by atoms with Gasteiger partial charge in [0.15, 0.2) is 0 Å². The van der Waals surface area contributed by atoms with Crippen LogP contribution < -0.4 is 4.72 Å². The predicted molar refractivity (Wildman–Crippen MR) is 79.5 cm³/mol. The molecule has 1 unspecified atom stereocenters. The standard InChI is InChI=1S/C13H20BrNO3S/c1-4-5-10(3)15-19(17,18)12-7-11(8-16)6-9(2)13(12)14/h6-7,10,15-16H,4-5,8H2,1-3H3. The largest absolute Gasteiger partial charge is 0.392 e. The zero-order valence-corrected chi connectivity index (χ0v) is 13.8. The molecule has 6 heteroatoms. The second kappa shape index (κ2) is 6.83. The van der Waals surface area contributed by atoms with Gasteiger partial charge in [-0.25, -0.2) is 13.1 Å². The predicted octanol–water partition coefficient (Wildman–Crippen LogP) is 2.72. The van der Waals surface area contributed by atoms with Crippen LogP contribution in [0.5, 0.6) is 0 Å². The van der Waals surface area contributed by atoms with Gasteiger partial charge in [-0.2, -0.15) is 0 Å². The van der Waals surface area contributed by atoms with Crippen LogP contribution in [-0.2, 0) is 16.6 Å². The Balaban J connectivity index is 3.17. The third kappa shape index (κ3) is 4.27. The molecule has 0 amide bonds. The number of sulfonamides is 1. The zero-order chi connectivity index (χ0) is 14.6. The Morgan fingerprint density at radius 3 is 2.58 bits per heavy atom. The summed E-state index contributed by atoms with van der Waals surface area (Å²) in [4.78, 5) is 0.180. The highest BCUT2D eigenvalue weighted by Crippen LogP contribution is 2.27. The molecule has 0 fully saturated rings. The van der Waals surface area contributed by atoms with Crippen molar-refractivity contribution in [1.82, 2.24) is 4.72 Å². The molecule has 0 aromatic heterocycles. The van der Waals surface area contributed by atoms with Gasteiger partial charge < -0.3 is 5.11 Å². The second-order valence-corrected chi connectivity index (χ2v) is 7.17. The molecule has 0 spiro atoms. The Kier molecular flexibility index (Phi) is 5.98. The molecule has 0 aliphatic carbocycles. The van der Waals surface area contributed by atoms with Crippen molar-refractivity contribution < 1.29 is 13.5 Å². The van der Waals surface area contributed by atoms with E-state index < -0.39 is 10.0 Å². The van der Waals surface area contributed by atoms with E-state index in [1.807, 2.05) is 13.8 Å². The monoisotopic (exact) mass is 349 g/mol. The van der Waals surface area contributed by atoms with Crippen LogP contribution in [-0.4, -0.2) is 19.6 Å². The lowest BCUT2D eigenvalue weighted by molar-refractivity contribution is 0.281. The molecule has 0 saturated carbocycles. The first-order valence-electron chi connectivity index (χ1n) is 6.24. The minimum atomic E-state index is -3.58. The molecule has 0 radical (unpaired) electrons. The van der Waals surface area contributed by atoms with E-state index >= 15 is 0 Å². The van der Waals surface area contributed by atoms with Crippen LogP contribution in [0.3, 0.4) is 0 Å². The van der Waals surface area contributed by atoms with Crippen molar-refractivity contribution >= 4 is 26.0 Å². The van der Waals surface area contributed by atoms with E-state index in [2.05, 4.69) is 20.7 Å². The molecule has 0 bridgehead atoms. The van der Waals surface area contributed by atoms with Crippen LogP contribution in [0, 0.1) is 6.92 Å². The minimum absolute atomic E-state index is 0.111. The highest BCUT2D eigenvalue weighted by atomic mass is 79.9. The molecule has 19 heavy (non-hydrogen) atoms. The molecule has 1 aromatic rings. The van der Waals surface area contributed by atoms with Crippen molar-refractivity contribution in [3.63, 3.8) is 0 Å². The molecule has 1 rings (SSSR count). The summed E-state index contributed by atoms with van der Waals surface area (Å²) in [6, 6.07) is 3.15. The van der Waals surface area contributed by atoms with E-state index in [4.69, 9.17) is 0 Å². The lowest BCUT2D eigenvalue weighted by atomic mass is 10.1. The van der Waals surface area contributed by atoms with Gasteiger partial charge in [0.25, 0.3) is 0 Å². The van der Waals surface area contributed by atoms with Crippen LogP contribution in [0.1, 0.15) is 37.8 Å². The first-order chi connectivity index (χ1) is 8.81. The number of hydrogen-bond donors (Lipinski definition) is 2. The molecule has 0 aliphatic heterocycles. The Morgan fingerprint density at radius 2 is 2.05 bits per heavy atom. The van der Waals surface area contributed by atoms with Gasteiger partial charge in [-0.05, 0) is 53.4 Å². The lowest BCUT2D eigenvalue weighted by Crippen LogP contribution is -2.32. The SMILES string of the molecule is CCCC(C)NS(=O)(=O)c1cc(CO)cc(C)c1Br. The van der Waals surface area contributed by atoms with Crippen molar-refractivity contribution in [1.29, 1.82) is 0 Å². The van der Waals surface area contributed by atoms with Gasteiger partial charge in [0, 0.05) is 10.5 Å². The average molecular weight is 350 g/mol. The fourth-order valence-corrected chi connectivity index (χ4v) is 4.26. The number of rotatable bonds is 6. The van der Waals surface area contributed by atoms with Crippen LogP contribution in [0.25, 0.3) is 0 Å². The highest BCUT2D eigenvalue weighted by Gasteiger charge is 2.21. The minimum Gasteiger partial charge on any atom is -0.392 e. The van der Waals surface area contributed by atoms with Gasteiger partial charge in [0.05, 0.1) is 11.5 Å². The number of halogens is 1. The molecular weight excluding hydrogens is 330 g/mol. The zero-order valence-electron chi connectivity index (χ0n) is 11.4. The molecule has 4 nitrogen and oxygen atoms in total. The van der Waals surface area contributed by atoms with E-state index in [0.29, 0.717) is 10.0 Å². The van der Waals surface area contributed by atoms with Gasteiger partial charge in [-0.3, -0.25) is 0 Å². The van der Waals surface area contributed by atoms with E-state index in [9.17, 15) is 13.5 Å². The second-order valence-electron chi connectivity index (χ2n) is 4.69. The van der Waals surface area contributed by atoms with E-state index in [1.165, 1.54) is 6.07 Å². The average Bonchev–Trinajstić information content (AvgIpc) is 2.31. The summed E-state index contributed by atoms with van der Waals surface area (Å²) in [6.45, 7) is 5.48. The maximum absolute atomic E-state index is 12.3. The number of benzene rings is 1. The number of aliphatic hydroxyl groups is 1. The van der Waals surface area contributed by atoms with Crippen molar-refractivity contribution in [3.05, 3.63) is 27.7 Å². The molecule has 0 aliphatic rings. The smallest absolute Gasteiger partial charge is 0.241 e. The van der Waals surface area contributed by atoms with Gasteiger partial charge in [0.1, 0.15) is 0 Å². The Hall–Kier alpha value is -0.430. The Morgan fingerprint density at radius 1 is 1.42 bits per heavy atom. The van der Waals surface area contributed by atoms with Gasteiger partial charge >= 0.3 is 0 Å². The van der Waals surface area contributed by atoms with Crippen molar-refractivity contribution in [2.75, 3.05) is 0 Å². The first-order valence-corrected chi connectivity index (χ1v) is 8.51. The number of nitrogens with one attached hydrogen (secondary N) is 1. The maximum atomic E-state index is 12.3. The van der Waals surface area contributed by atoms with Crippen LogP contribution in [0.2, 0.25) is 0 Å². The number of aliphatic hydroxyl groups excluding tert-OH is 1. The molecule has 1 atom stereocenters. The molecule has 108 valence electrons. The van der Waals surface area contributed by atoms with Crippen LogP contribution in [0.4, 0.5) is 0 Å². The van der Waals surface area contributed by atoms with E-state index in [-0.39, 0.29) is 17.5 Å². The quantitative estimate of drug-likeness (QED) is 0.829. The third-order valence-electron chi connectivity index (χ3n) is 2.83. The molecule has 1 aromatic carbocycles. The summed E-state index contributed by atoms with van der Waals surface area (Å²) in [5.41, 5.74) is 1.37. The van der Waals surface area contributed by atoms with Gasteiger partial charge in [-0.15, -0.1) is 0 Å². The van der Waals surface area contributed by atoms with Gasteiger partial charge in [-0.1, -0.05) is 19.4 Å². The Labute approximate surface area is 123 Å². The first kappa shape index (κ1) is 16.6. The molecule has 0 saturated heterocycles. The number of hydrogen-bond acceptors (Lipinski definition) is 3. The van der Waals surface area contributed by atoms with Crippen molar-refractivity contribution in [2.24, 2.45) is 0 Å². The summed E-state index contributed by atoms with van der Waals surface area (Å²) in [5, 5.41) is 9.18. The molecular formula is C13H20BrNO3S. The normalized spacial score (nSPS) is 13.5. The van der Waals surface area contributed by atoms with Crippen molar-refractivity contribution in [3.8, 4) is 0 Å². The molecule has 2 N–H and O–H groups in total. The fraction of sp³-hybridized carbons (Fsp3) is 0.538. The Bertz CT molecular complexity index is 543. The van der Waals surface area contributed by atoms with Gasteiger partial charge in [0.2, 0.25) is 10.0 Å². The summed E-state index contributed by atoms with van der Waals surface area (Å²) < 4.78 is 27.9.